The molecule has 1 atom stereocenters. The first kappa shape index (κ1) is 14.7. The number of aliphatic carboxylic acids is 1. The van der Waals surface area contributed by atoms with Crippen molar-refractivity contribution in [3.05, 3.63) is 12.7 Å². The van der Waals surface area contributed by atoms with Crippen molar-refractivity contribution in [2.45, 2.75) is 18.9 Å². The number of nitrogens with one attached hydrogen (secondary N) is 1. The second-order valence-electron chi connectivity index (χ2n) is 4.29. The standard InChI is InChI=1S/C12H20N2O4/c1-2-5-14(9-12(16)17)8-11(15)13-7-10-4-3-6-18-10/h2,10H,1,3-9H2,(H,13,15)(H,16,17). The van der Waals surface area contributed by atoms with Crippen LogP contribution in [0.15, 0.2) is 12.7 Å². The van der Waals surface area contributed by atoms with E-state index in [2.05, 4.69) is 11.9 Å². The number of hydrogen-bond donors (Lipinski definition) is 2. The Bertz CT molecular complexity index is 300. The molecule has 0 aromatic rings. The van der Waals surface area contributed by atoms with Crippen LogP contribution in [0.5, 0.6) is 0 Å². The normalized spacial score (nSPS) is 18.8. The summed E-state index contributed by atoms with van der Waals surface area (Å²) in [7, 11) is 0. The van der Waals surface area contributed by atoms with Crippen LogP contribution in [0.3, 0.4) is 0 Å². The summed E-state index contributed by atoms with van der Waals surface area (Å²) in [6, 6.07) is 0. The van der Waals surface area contributed by atoms with Crippen molar-refractivity contribution in [3.63, 3.8) is 0 Å². The van der Waals surface area contributed by atoms with Gasteiger partial charge in [0.2, 0.25) is 5.91 Å². The quantitative estimate of drug-likeness (QED) is 0.591. The van der Waals surface area contributed by atoms with Gasteiger partial charge in [-0.15, -0.1) is 6.58 Å². The van der Waals surface area contributed by atoms with E-state index in [0.717, 1.165) is 19.4 Å². The van der Waals surface area contributed by atoms with Crippen LogP contribution in [0.4, 0.5) is 0 Å². The summed E-state index contributed by atoms with van der Waals surface area (Å²) < 4.78 is 5.38. The van der Waals surface area contributed by atoms with Gasteiger partial charge >= 0.3 is 5.97 Å². The largest absolute Gasteiger partial charge is 0.480 e. The van der Waals surface area contributed by atoms with Crippen molar-refractivity contribution < 1.29 is 19.4 Å². The molecule has 0 aromatic heterocycles. The maximum absolute atomic E-state index is 11.6. The highest BCUT2D eigenvalue weighted by molar-refractivity contribution is 5.79. The molecule has 1 amide bonds. The third kappa shape index (κ3) is 5.79. The first-order valence-corrected chi connectivity index (χ1v) is 6.05. The molecule has 0 aromatic carbocycles. The monoisotopic (exact) mass is 256 g/mol. The molecule has 0 spiro atoms. The highest BCUT2D eigenvalue weighted by atomic mass is 16.5. The molecule has 102 valence electrons. The number of amides is 1. The second kappa shape index (κ2) is 7.84. The summed E-state index contributed by atoms with van der Waals surface area (Å²) in [6.45, 7) is 5.05. The van der Waals surface area contributed by atoms with Gasteiger partial charge in [0.25, 0.3) is 0 Å². The second-order valence-corrected chi connectivity index (χ2v) is 4.29. The van der Waals surface area contributed by atoms with E-state index in [1.165, 1.54) is 4.90 Å². The Balaban J connectivity index is 2.26. The molecule has 2 N–H and O–H groups in total. The van der Waals surface area contributed by atoms with Crippen LogP contribution in [0, 0.1) is 0 Å². The van der Waals surface area contributed by atoms with E-state index in [1.807, 2.05) is 0 Å². The Morgan fingerprint density at radius 2 is 2.28 bits per heavy atom. The Morgan fingerprint density at radius 1 is 1.50 bits per heavy atom. The topological polar surface area (TPSA) is 78.9 Å². The van der Waals surface area contributed by atoms with Crippen molar-refractivity contribution in [2.24, 2.45) is 0 Å². The van der Waals surface area contributed by atoms with Gasteiger partial charge in [-0.05, 0) is 12.8 Å². The fraction of sp³-hybridized carbons (Fsp3) is 0.667. The molecule has 6 heteroatoms. The van der Waals surface area contributed by atoms with E-state index in [0.29, 0.717) is 13.1 Å². The predicted octanol–water partition coefficient (Wildman–Crippen LogP) is -0.146. The summed E-state index contributed by atoms with van der Waals surface area (Å²) in [4.78, 5) is 23.8. The van der Waals surface area contributed by atoms with Gasteiger partial charge in [-0.1, -0.05) is 6.08 Å². The molecular weight excluding hydrogens is 236 g/mol. The van der Waals surface area contributed by atoms with Gasteiger partial charge in [0.15, 0.2) is 0 Å². The van der Waals surface area contributed by atoms with Gasteiger partial charge < -0.3 is 15.2 Å². The Morgan fingerprint density at radius 3 is 2.83 bits per heavy atom. The molecule has 1 heterocycles. The Hall–Kier alpha value is -1.40. The van der Waals surface area contributed by atoms with Gasteiger partial charge in [-0.2, -0.15) is 0 Å². The van der Waals surface area contributed by atoms with Crippen LogP contribution < -0.4 is 5.32 Å². The van der Waals surface area contributed by atoms with Crippen molar-refractivity contribution in [3.8, 4) is 0 Å². The number of hydrogen-bond acceptors (Lipinski definition) is 4. The smallest absolute Gasteiger partial charge is 0.317 e. The fourth-order valence-electron chi connectivity index (χ4n) is 1.85. The van der Waals surface area contributed by atoms with E-state index in [1.54, 1.807) is 6.08 Å². The molecule has 1 aliphatic rings. The van der Waals surface area contributed by atoms with Gasteiger partial charge in [0.1, 0.15) is 0 Å². The van der Waals surface area contributed by atoms with Crippen molar-refractivity contribution in [2.75, 3.05) is 32.8 Å². The summed E-state index contributed by atoms with van der Waals surface area (Å²) >= 11 is 0. The summed E-state index contributed by atoms with van der Waals surface area (Å²) in [5, 5.41) is 11.5. The molecule has 6 nitrogen and oxygen atoms in total. The summed E-state index contributed by atoms with van der Waals surface area (Å²) in [5.41, 5.74) is 0. The fourth-order valence-corrected chi connectivity index (χ4v) is 1.85. The maximum atomic E-state index is 11.6. The zero-order chi connectivity index (χ0) is 13.4. The van der Waals surface area contributed by atoms with E-state index in [4.69, 9.17) is 9.84 Å². The average Bonchev–Trinajstić information content (AvgIpc) is 2.78. The zero-order valence-corrected chi connectivity index (χ0v) is 10.4. The van der Waals surface area contributed by atoms with Gasteiger partial charge in [0.05, 0.1) is 19.2 Å². The van der Waals surface area contributed by atoms with Gasteiger partial charge in [-0.3, -0.25) is 14.5 Å². The van der Waals surface area contributed by atoms with E-state index in [9.17, 15) is 9.59 Å². The number of carboxylic acids is 1. The van der Waals surface area contributed by atoms with Crippen molar-refractivity contribution in [1.29, 1.82) is 0 Å². The zero-order valence-electron chi connectivity index (χ0n) is 10.4. The molecule has 0 saturated carbocycles. The third-order valence-corrected chi connectivity index (χ3v) is 2.66. The van der Waals surface area contributed by atoms with E-state index >= 15 is 0 Å². The molecule has 1 rings (SSSR count). The summed E-state index contributed by atoms with van der Waals surface area (Å²) in [6.07, 6.45) is 3.67. The van der Waals surface area contributed by atoms with Gasteiger partial charge in [0, 0.05) is 19.7 Å². The van der Waals surface area contributed by atoms with Crippen molar-refractivity contribution >= 4 is 11.9 Å². The number of carbonyl (C=O) groups excluding carboxylic acids is 1. The lowest BCUT2D eigenvalue weighted by Crippen LogP contribution is -2.42. The maximum Gasteiger partial charge on any atom is 0.317 e. The number of nitrogens with zero attached hydrogens (tertiary/aromatic N) is 1. The third-order valence-electron chi connectivity index (χ3n) is 2.66. The Labute approximate surface area is 107 Å². The number of carboxylic acid groups (broad SMARTS) is 1. The molecule has 0 aliphatic carbocycles. The van der Waals surface area contributed by atoms with Crippen LogP contribution in [0.1, 0.15) is 12.8 Å². The minimum Gasteiger partial charge on any atom is -0.480 e. The van der Waals surface area contributed by atoms with Crippen LogP contribution in [-0.2, 0) is 14.3 Å². The molecule has 1 saturated heterocycles. The molecule has 1 unspecified atom stereocenters. The molecule has 1 aliphatic heterocycles. The Kier molecular flexibility index (Phi) is 6.38. The van der Waals surface area contributed by atoms with Crippen LogP contribution in [0.25, 0.3) is 0 Å². The highest BCUT2D eigenvalue weighted by Gasteiger charge is 2.17. The molecule has 18 heavy (non-hydrogen) atoms. The number of rotatable bonds is 8. The molecule has 0 radical (unpaired) electrons. The first-order chi connectivity index (χ1) is 8.61. The van der Waals surface area contributed by atoms with Crippen molar-refractivity contribution in [1.82, 2.24) is 10.2 Å². The average molecular weight is 256 g/mol. The SMILES string of the molecule is C=CCN(CC(=O)O)CC(=O)NCC1CCCO1. The molecular formula is C12H20N2O4. The minimum absolute atomic E-state index is 0.0606. The number of ether oxygens (including phenoxy) is 1. The lowest BCUT2D eigenvalue weighted by atomic mass is 10.2. The van der Waals surface area contributed by atoms with E-state index < -0.39 is 5.97 Å². The lowest BCUT2D eigenvalue weighted by molar-refractivity contribution is -0.138. The lowest BCUT2D eigenvalue weighted by Gasteiger charge is -2.18. The summed E-state index contributed by atoms with van der Waals surface area (Å²) in [5.74, 6) is -1.14. The van der Waals surface area contributed by atoms with Crippen LogP contribution in [-0.4, -0.2) is 60.8 Å². The van der Waals surface area contributed by atoms with Crippen LogP contribution in [0.2, 0.25) is 0 Å². The number of carbonyl (C=O) groups is 2. The van der Waals surface area contributed by atoms with E-state index in [-0.39, 0.29) is 25.1 Å². The van der Waals surface area contributed by atoms with Gasteiger partial charge in [-0.25, -0.2) is 0 Å². The van der Waals surface area contributed by atoms with Crippen LogP contribution >= 0.6 is 0 Å². The molecule has 1 fully saturated rings. The first-order valence-electron chi connectivity index (χ1n) is 6.05. The molecule has 0 bridgehead atoms. The minimum atomic E-state index is -0.955. The highest BCUT2D eigenvalue weighted by Crippen LogP contribution is 2.10. The predicted molar refractivity (Wildman–Crippen MR) is 66.3 cm³/mol.